The van der Waals surface area contributed by atoms with Gasteiger partial charge in [0.25, 0.3) is 5.91 Å². The minimum Gasteiger partial charge on any atom is -0.478 e. The Labute approximate surface area is 236 Å². The molecule has 0 saturated heterocycles. The quantitative estimate of drug-likeness (QED) is 0.164. The monoisotopic (exact) mass is 578 g/mol. The number of rotatable bonds is 9. The van der Waals surface area contributed by atoms with Gasteiger partial charge in [-0.05, 0) is 60.2 Å². The van der Waals surface area contributed by atoms with E-state index < -0.39 is 40.4 Å². The molecule has 1 unspecified atom stereocenters. The summed E-state index contributed by atoms with van der Waals surface area (Å²) in [6, 6.07) is 22.6. The van der Waals surface area contributed by atoms with Crippen LogP contribution in [0.5, 0.6) is 0 Å². The molecule has 4 aromatic rings. The first-order chi connectivity index (χ1) is 19.1. The van der Waals surface area contributed by atoms with Gasteiger partial charge in [0.05, 0.1) is 21.7 Å². The molecule has 0 spiro atoms. The van der Waals surface area contributed by atoms with Gasteiger partial charge in [-0.25, -0.2) is 14.0 Å². The zero-order valence-electron chi connectivity index (χ0n) is 20.4. The number of thioether (sulfide) groups is 1. The number of benzene rings is 4. The third kappa shape index (κ3) is 6.85. The van der Waals surface area contributed by atoms with Crippen LogP contribution in [0.2, 0.25) is 5.02 Å². The van der Waals surface area contributed by atoms with E-state index in [1.165, 1.54) is 23.9 Å². The van der Waals surface area contributed by atoms with Gasteiger partial charge in [0.2, 0.25) is 5.91 Å². The fourth-order valence-corrected chi connectivity index (χ4v) is 4.98. The predicted molar refractivity (Wildman–Crippen MR) is 150 cm³/mol. The molecule has 1 atom stereocenters. The van der Waals surface area contributed by atoms with Crippen molar-refractivity contribution >= 4 is 58.5 Å². The minimum absolute atomic E-state index is 0.131. The SMILES string of the molecule is O=C(O)c1ccc(C(=O)Nc2cccc(SC(C(=O)Nc3ccc(F)c(Cl)c3)c3ccccc3)c2)c(C(=O)O)c1. The van der Waals surface area contributed by atoms with Crippen molar-refractivity contribution in [1.82, 2.24) is 0 Å². The van der Waals surface area contributed by atoms with Crippen molar-refractivity contribution in [1.29, 1.82) is 0 Å². The number of hydrogen-bond acceptors (Lipinski definition) is 5. The van der Waals surface area contributed by atoms with Gasteiger partial charge < -0.3 is 20.8 Å². The summed E-state index contributed by atoms with van der Waals surface area (Å²) in [6.07, 6.45) is 0. The van der Waals surface area contributed by atoms with Crippen molar-refractivity contribution in [3.63, 3.8) is 0 Å². The number of hydrogen-bond donors (Lipinski definition) is 4. The molecule has 4 aromatic carbocycles. The van der Waals surface area contributed by atoms with E-state index >= 15 is 0 Å². The van der Waals surface area contributed by atoms with E-state index in [-0.39, 0.29) is 16.1 Å². The smallest absolute Gasteiger partial charge is 0.336 e. The Bertz CT molecular complexity index is 1620. The summed E-state index contributed by atoms with van der Waals surface area (Å²) in [6.45, 7) is 0. The van der Waals surface area contributed by atoms with E-state index in [9.17, 15) is 28.7 Å². The largest absolute Gasteiger partial charge is 0.478 e. The van der Waals surface area contributed by atoms with Gasteiger partial charge >= 0.3 is 11.9 Å². The second kappa shape index (κ2) is 12.5. The molecule has 0 bridgehead atoms. The highest BCUT2D eigenvalue weighted by molar-refractivity contribution is 8.00. The Kier molecular flexibility index (Phi) is 8.83. The summed E-state index contributed by atoms with van der Waals surface area (Å²) < 4.78 is 13.6. The molecular weight excluding hydrogens is 559 g/mol. The van der Waals surface area contributed by atoms with Crippen LogP contribution in [0.4, 0.5) is 15.8 Å². The summed E-state index contributed by atoms with van der Waals surface area (Å²) in [7, 11) is 0. The molecule has 0 aliphatic rings. The van der Waals surface area contributed by atoms with E-state index in [4.69, 9.17) is 16.7 Å². The Balaban J connectivity index is 1.57. The molecule has 0 radical (unpaired) electrons. The summed E-state index contributed by atoms with van der Waals surface area (Å²) >= 11 is 7.05. The average molecular weight is 579 g/mol. The van der Waals surface area contributed by atoms with Crippen LogP contribution in [0.15, 0.2) is 95.9 Å². The van der Waals surface area contributed by atoms with Crippen LogP contribution in [-0.2, 0) is 4.79 Å². The molecule has 0 aliphatic heterocycles. The van der Waals surface area contributed by atoms with Gasteiger partial charge in [0.1, 0.15) is 11.1 Å². The number of halogens is 2. The Morgan fingerprint density at radius 1 is 0.750 bits per heavy atom. The maximum Gasteiger partial charge on any atom is 0.336 e. The van der Waals surface area contributed by atoms with Crippen LogP contribution in [0.25, 0.3) is 0 Å². The van der Waals surface area contributed by atoms with Crippen LogP contribution < -0.4 is 10.6 Å². The van der Waals surface area contributed by atoms with E-state index in [2.05, 4.69) is 10.6 Å². The summed E-state index contributed by atoms with van der Waals surface area (Å²) in [5.74, 6) is -4.52. The minimum atomic E-state index is -1.45. The fourth-order valence-electron chi connectivity index (χ4n) is 3.72. The predicted octanol–water partition coefficient (Wildman–Crippen LogP) is 6.60. The highest BCUT2D eigenvalue weighted by atomic mass is 35.5. The topological polar surface area (TPSA) is 133 Å². The molecule has 0 heterocycles. The van der Waals surface area contributed by atoms with Crippen molar-refractivity contribution < 1.29 is 33.8 Å². The van der Waals surface area contributed by atoms with E-state index in [1.807, 2.05) is 6.07 Å². The van der Waals surface area contributed by atoms with Gasteiger partial charge in [-0.3, -0.25) is 9.59 Å². The number of carbonyl (C=O) groups excluding carboxylic acids is 2. The number of carboxylic acids is 2. The normalized spacial score (nSPS) is 11.3. The van der Waals surface area contributed by atoms with Crippen LogP contribution in [0, 0.1) is 5.82 Å². The summed E-state index contributed by atoms with van der Waals surface area (Å²) in [4.78, 5) is 49.7. The lowest BCUT2D eigenvalue weighted by atomic mass is 10.0. The molecular formula is C29H20ClFN2O6S. The van der Waals surface area contributed by atoms with Crippen molar-refractivity contribution in [2.75, 3.05) is 10.6 Å². The molecule has 40 heavy (non-hydrogen) atoms. The molecule has 8 nitrogen and oxygen atoms in total. The van der Waals surface area contributed by atoms with Crippen LogP contribution >= 0.6 is 23.4 Å². The molecule has 0 saturated carbocycles. The molecule has 4 N–H and O–H groups in total. The van der Waals surface area contributed by atoms with Gasteiger partial charge in [-0.1, -0.05) is 48.0 Å². The number of carbonyl (C=O) groups is 4. The van der Waals surface area contributed by atoms with E-state index in [1.54, 1.807) is 48.5 Å². The van der Waals surface area contributed by atoms with Gasteiger partial charge in [0, 0.05) is 16.3 Å². The van der Waals surface area contributed by atoms with E-state index in [0.717, 1.165) is 24.3 Å². The zero-order chi connectivity index (χ0) is 28.8. The average Bonchev–Trinajstić information content (AvgIpc) is 2.94. The third-order valence-electron chi connectivity index (χ3n) is 5.61. The van der Waals surface area contributed by atoms with Crippen molar-refractivity contribution in [2.45, 2.75) is 10.1 Å². The van der Waals surface area contributed by atoms with Crippen molar-refractivity contribution in [3.05, 3.63) is 124 Å². The summed E-state index contributed by atoms with van der Waals surface area (Å²) in [5, 5.41) is 23.1. The molecule has 0 aromatic heterocycles. The molecule has 11 heteroatoms. The zero-order valence-corrected chi connectivity index (χ0v) is 22.0. The van der Waals surface area contributed by atoms with Crippen molar-refractivity contribution in [2.24, 2.45) is 0 Å². The fraction of sp³-hybridized carbons (Fsp3) is 0.0345. The standard InChI is InChI=1S/C29H20ClFN2O6S/c30-23-15-19(10-12-24(23)31)33-27(35)25(16-5-2-1-3-6-16)40-20-8-4-7-18(14-20)32-26(34)21-11-9-17(28(36)37)13-22(21)29(38)39/h1-15,25H,(H,32,34)(H,33,35)(H,36,37)(H,38,39). The first-order valence-electron chi connectivity index (χ1n) is 11.6. The molecule has 2 amide bonds. The number of carboxylic acid groups (broad SMARTS) is 2. The summed E-state index contributed by atoms with van der Waals surface area (Å²) in [5.41, 5.74) is 0.408. The lowest BCUT2D eigenvalue weighted by Crippen LogP contribution is -2.19. The van der Waals surface area contributed by atoms with Gasteiger partial charge in [-0.15, -0.1) is 11.8 Å². The van der Waals surface area contributed by atoms with Crippen LogP contribution in [-0.4, -0.2) is 34.0 Å². The number of anilines is 2. The molecule has 202 valence electrons. The molecule has 0 aliphatic carbocycles. The lowest BCUT2D eigenvalue weighted by Gasteiger charge is -2.18. The van der Waals surface area contributed by atoms with Gasteiger partial charge in [0.15, 0.2) is 0 Å². The molecule has 4 rings (SSSR count). The Morgan fingerprint density at radius 2 is 1.48 bits per heavy atom. The number of amides is 2. The lowest BCUT2D eigenvalue weighted by molar-refractivity contribution is -0.115. The van der Waals surface area contributed by atoms with Crippen molar-refractivity contribution in [3.8, 4) is 0 Å². The van der Waals surface area contributed by atoms with Gasteiger partial charge in [-0.2, -0.15) is 0 Å². The first-order valence-corrected chi connectivity index (χ1v) is 12.9. The second-order valence-corrected chi connectivity index (χ2v) is 9.97. The Morgan fingerprint density at radius 3 is 2.15 bits per heavy atom. The number of aromatic carboxylic acids is 2. The Hall–Kier alpha value is -4.67. The third-order valence-corrected chi connectivity index (χ3v) is 7.15. The number of nitrogens with one attached hydrogen (secondary N) is 2. The maximum atomic E-state index is 13.6. The molecule has 0 fully saturated rings. The van der Waals surface area contributed by atoms with E-state index in [0.29, 0.717) is 21.8 Å². The highest BCUT2D eigenvalue weighted by Gasteiger charge is 2.23. The first kappa shape index (κ1) is 28.3. The van der Waals surface area contributed by atoms with Crippen LogP contribution in [0.3, 0.4) is 0 Å². The highest BCUT2D eigenvalue weighted by Crippen LogP contribution is 2.37. The van der Waals surface area contributed by atoms with Crippen LogP contribution in [0.1, 0.15) is 41.9 Å². The maximum absolute atomic E-state index is 13.6. The second-order valence-electron chi connectivity index (χ2n) is 8.38.